The maximum absolute atomic E-state index is 11.3. The highest BCUT2D eigenvalue weighted by molar-refractivity contribution is 6.29. The fourth-order valence-corrected chi connectivity index (χ4v) is 1.80. The van der Waals surface area contributed by atoms with Crippen molar-refractivity contribution in [2.45, 2.75) is 18.6 Å². The van der Waals surface area contributed by atoms with Gasteiger partial charge in [0.1, 0.15) is 23.6 Å². The molecule has 0 bridgehead atoms. The Balaban J connectivity index is 0.00000162. The van der Waals surface area contributed by atoms with E-state index in [1.807, 2.05) is 0 Å². The van der Waals surface area contributed by atoms with Crippen molar-refractivity contribution in [3.63, 3.8) is 0 Å². The molecule has 1 aliphatic heterocycles. The number of hydrogen-bond donors (Lipinski definition) is 1. The molecule has 0 aromatic carbocycles. The normalized spacial score (nSPS) is 20.9. The number of hydrogen-bond acceptors (Lipinski definition) is 6. The van der Waals surface area contributed by atoms with Crippen LogP contribution in [-0.4, -0.2) is 41.7 Å². The number of nitrogens with zero attached hydrogens (tertiary/aromatic N) is 2. The molecule has 0 aliphatic carbocycles. The molecule has 1 saturated heterocycles. The third-order valence-electron chi connectivity index (χ3n) is 2.47. The van der Waals surface area contributed by atoms with Gasteiger partial charge < -0.3 is 14.8 Å². The highest BCUT2D eigenvalue weighted by atomic mass is 35.5. The van der Waals surface area contributed by atoms with Crippen molar-refractivity contribution in [1.29, 1.82) is 0 Å². The molecule has 9 heteroatoms. The topological polar surface area (TPSA) is 73.3 Å². The van der Waals surface area contributed by atoms with E-state index in [0.717, 1.165) is 0 Å². The lowest BCUT2D eigenvalue weighted by Crippen LogP contribution is -2.31. The summed E-state index contributed by atoms with van der Waals surface area (Å²) in [5.74, 6) is 0.124. The quantitative estimate of drug-likeness (QED) is 0.664. The number of rotatable bonds is 3. The van der Waals surface area contributed by atoms with Crippen LogP contribution in [0.15, 0.2) is 12.4 Å². The van der Waals surface area contributed by atoms with Crippen LogP contribution in [0.5, 0.6) is 5.88 Å². The van der Waals surface area contributed by atoms with Gasteiger partial charge in [0.05, 0.1) is 7.11 Å². The van der Waals surface area contributed by atoms with Gasteiger partial charge in [0.25, 0.3) is 0 Å². The number of carbonyl (C=O) groups excluding carboxylic acids is 1. The van der Waals surface area contributed by atoms with Crippen LogP contribution < -0.4 is 10.1 Å². The zero-order chi connectivity index (χ0) is 12.3. The van der Waals surface area contributed by atoms with Crippen LogP contribution in [0, 0.1) is 0 Å². The standard InChI is InChI=1S/C10H12ClN3O3.2ClH/c1-16-10(15)7-2-6(4-12-7)17-9-3-8(11)13-5-14-9;;/h3,5-7,12H,2,4H2,1H3;2*1H/t6-,7+;;/m1../s1. The molecule has 0 amide bonds. The molecule has 1 aromatic heterocycles. The first kappa shape index (κ1) is 18.2. The Morgan fingerprint density at radius 1 is 1.47 bits per heavy atom. The van der Waals surface area contributed by atoms with E-state index in [1.165, 1.54) is 19.5 Å². The fraction of sp³-hybridized carbons (Fsp3) is 0.500. The summed E-state index contributed by atoms with van der Waals surface area (Å²) < 4.78 is 10.2. The predicted octanol–water partition coefficient (Wildman–Crippen LogP) is 1.26. The summed E-state index contributed by atoms with van der Waals surface area (Å²) in [6.07, 6.45) is 1.76. The Bertz CT molecular complexity index is 422. The molecule has 108 valence electrons. The smallest absolute Gasteiger partial charge is 0.323 e. The molecule has 1 aliphatic rings. The van der Waals surface area contributed by atoms with E-state index in [4.69, 9.17) is 16.3 Å². The van der Waals surface area contributed by atoms with Crippen LogP contribution in [0.4, 0.5) is 0 Å². The molecule has 6 nitrogen and oxygen atoms in total. The van der Waals surface area contributed by atoms with Crippen LogP contribution in [-0.2, 0) is 9.53 Å². The van der Waals surface area contributed by atoms with Crippen molar-refractivity contribution in [2.75, 3.05) is 13.7 Å². The molecule has 1 N–H and O–H groups in total. The van der Waals surface area contributed by atoms with Crippen LogP contribution in [0.2, 0.25) is 5.15 Å². The number of ether oxygens (including phenoxy) is 2. The van der Waals surface area contributed by atoms with Gasteiger partial charge in [-0.3, -0.25) is 4.79 Å². The lowest BCUT2D eigenvalue weighted by Gasteiger charge is -2.11. The summed E-state index contributed by atoms with van der Waals surface area (Å²) in [6.45, 7) is 0.571. The molecule has 1 fully saturated rings. The summed E-state index contributed by atoms with van der Waals surface area (Å²) in [6, 6.07) is 1.22. The van der Waals surface area contributed by atoms with Crippen molar-refractivity contribution in [3.8, 4) is 5.88 Å². The second-order valence-corrected chi connectivity index (χ2v) is 4.03. The van der Waals surface area contributed by atoms with Crippen molar-refractivity contribution in [1.82, 2.24) is 15.3 Å². The summed E-state index contributed by atoms with van der Waals surface area (Å²) in [4.78, 5) is 19.0. The van der Waals surface area contributed by atoms with E-state index in [9.17, 15) is 4.79 Å². The maximum Gasteiger partial charge on any atom is 0.323 e. The van der Waals surface area contributed by atoms with E-state index >= 15 is 0 Å². The zero-order valence-electron chi connectivity index (χ0n) is 10.0. The minimum absolute atomic E-state index is 0. The second-order valence-electron chi connectivity index (χ2n) is 3.64. The molecule has 0 spiro atoms. The summed E-state index contributed by atoms with van der Waals surface area (Å²) in [5, 5.41) is 3.34. The predicted molar refractivity (Wildman–Crippen MR) is 74.4 cm³/mol. The molecule has 2 atom stereocenters. The van der Waals surface area contributed by atoms with Gasteiger partial charge in [0.2, 0.25) is 5.88 Å². The van der Waals surface area contributed by atoms with Crippen LogP contribution in [0.1, 0.15) is 6.42 Å². The minimum Gasteiger partial charge on any atom is -0.473 e. The largest absolute Gasteiger partial charge is 0.473 e. The molecule has 0 radical (unpaired) electrons. The summed E-state index contributed by atoms with van der Waals surface area (Å²) >= 11 is 5.71. The monoisotopic (exact) mass is 329 g/mol. The van der Waals surface area contributed by atoms with Crippen molar-refractivity contribution < 1.29 is 14.3 Å². The lowest BCUT2D eigenvalue weighted by atomic mass is 10.2. The molecule has 19 heavy (non-hydrogen) atoms. The Hall–Kier alpha value is -0.820. The van der Waals surface area contributed by atoms with Gasteiger partial charge in [-0.2, -0.15) is 0 Å². The van der Waals surface area contributed by atoms with E-state index in [1.54, 1.807) is 0 Å². The van der Waals surface area contributed by atoms with E-state index < -0.39 is 0 Å². The highest BCUT2D eigenvalue weighted by Gasteiger charge is 2.31. The third kappa shape index (κ3) is 4.99. The van der Waals surface area contributed by atoms with Crippen molar-refractivity contribution in [2.24, 2.45) is 0 Å². The Morgan fingerprint density at radius 3 is 2.84 bits per heavy atom. The molecule has 1 aromatic rings. The van der Waals surface area contributed by atoms with E-state index in [-0.39, 0.29) is 42.9 Å². The van der Waals surface area contributed by atoms with Crippen molar-refractivity contribution >= 4 is 42.4 Å². The molecule has 0 unspecified atom stereocenters. The van der Waals surface area contributed by atoms with Gasteiger partial charge in [-0.15, -0.1) is 24.8 Å². The number of halogens is 3. The number of aromatic nitrogens is 2. The Kier molecular flexibility index (Phi) is 8.01. The minimum atomic E-state index is -0.317. The van der Waals surface area contributed by atoms with Gasteiger partial charge in [-0.25, -0.2) is 9.97 Å². The third-order valence-corrected chi connectivity index (χ3v) is 2.68. The molecular weight excluding hydrogens is 316 g/mol. The van der Waals surface area contributed by atoms with Gasteiger partial charge >= 0.3 is 5.97 Å². The zero-order valence-corrected chi connectivity index (χ0v) is 12.4. The first-order valence-corrected chi connectivity index (χ1v) is 5.52. The summed E-state index contributed by atoms with van der Waals surface area (Å²) in [7, 11) is 1.36. The molecule has 2 rings (SSSR count). The lowest BCUT2D eigenvalue weighted by molar-refractivity contribution is -0.142. The Morgan fingerprint density at radius 2 is 2.21 bits per heavy atom. The first-order valence-electron chi connectivity index (χ1n) is 5.14. The second kappa shape index (κ2) is 8.37. The fourth-order valence-electron chi connectivity index (χ4n) is 1.67. The van der Waals surface area contributed by atoms with Gasteiger partial charge in [0.15, 0.2) is 0 Å². The van der Waals surface area contributed by atoms with Gasteiger partial charge in [0, 0.05) is 19.0 Å². The van der Waals surface area contributed by atoms with Crippen LogP contribution in [0.25, 0.3) is 0 Å². The average molecular weight is 331 g/mol. The van der Waals surface area contributed by atoms with Crippen LogP contribution >= 0.6 is 36.4 Å². The van der Waals surface area contributed by atoms with Crippen LogP contribution in [0.3, 0.4) is 0 Å². The van der Waals surface area contributed by atoms with E-state index in [0.29, 0.717) is 24.0 Å². The van der Waals surface area contributed by atoms with Gasteiger partial charge in [-0.1, -0.05) is 11.6 Å². The van der Waals surface area contributed by atoms with Crippen molar-refractivity contribution in [3.05, 3.63) is 17.5 Å². The number of esters is 1. The number of carbonyl (C=O) groups is 1. The molecular formula is C10H14Cl3N3O3. The van der Waals surface area contributed by atoms with E-state index in [2.05, 4.69) is 20.0 Å². The number of methoxy groups -OCH3 is 1. The SMILES string of the molecule is COC(=O)[C@@H]1C[C@@H](Oc2cc(Cl)ncn2)CN1.Cl.Cl. The van der Waals surface area contributed by atoms with Gasteiger partial charge in [-0.05, 0) is 0 Å². The average Bonchev–Trinajstić information content (AvgIpc) is 2.76. The molecule has 2 heterocycles. The summed E-state index contributed by atoms with van der Waals surface area (Å²) in [5.41, 5.74) is 0. The molecule has 0 saturated carbocycles. The highest BCUT2D eigenvalue weighted by Crippen LogP contribution is 2.17. The number of nitrogens with one attached hydrogen (secondary N) is 1. The maximum atomic E-state index is 11.3. The Labute approximate surface area is 128 Å². The first-order chi connectivity index (χ1) is 8.19.